The number of H-pyrrole nitrogens is 1. The third kappa shape index (κ3) is 4.17. The minimum Gasteiger partial charge on any atom is -0.502 e. The van der Waals surface area contributed by atoms with Crippen molar-refractivity contribution in [2.45, 2.75) is 37.3 Å². The van der Waals surface area contributed by atoms with Crippen molar-refractivity contribution in [2.24, 2.45) is 0 Å². The van der Waals surface area contributed by atoms with Crippen LogP contribution in [0.1, 0.15) is 17.4 Å². The summed E-state index contributed by atoms with van der Waals surface area (Å²) in [6, 6.07) is 4.50. The zero-order valence-corrected chi connectivity index (χ0v) is 19.1. The zero-order valence-electron chi connectivity index (χ0n) is 19.1. The fourth-order valence-corrected chi connectivity index (χ4v) is 4.40. The Hall–Kier alpha value is -4.28. The Bertz CT molecular complexity index is 1670. The molecule has 0 aliphatic carbocycles. The first-order chi connectivity index (χ1) is 17.9. The molecule has 5 rings (SSSR count). The smallest absolute Gasteiger partial charge is 0.416 e. The topological polar surface area (TPSA) is 197 Å². The largest absolute Gasteiger partial charge is 0.502 e. The maximum absolute atomic E-state index is 13.2. The molecule has 1 fully saturated rings. The number of aromatic amines is 1. The first-order valence-electron chi connectivity index (χ1n) is 11.1. The summed E-state index contributed by atoms with van der Waals surface area (Å²) in [5, 5.41) is 33.2. The van der Waals surface area contributed by atoms with Crippen LogP contribution in [0.2, 0.25) is 0 Å². The molecule has 0 amide bonds. The van der Waals surface area contributed by atoms with Crippen molar-refractivity contribution >= 4 is 22.8 Å². The van der Waals surface area contributed by atoms with Gasteiger partial charge in [0.05, 0.1) is 12.1 Å². The molecule has 13 nitrogen and oxygen atoms in total. The van der Waals surface area contributed by atoms with E-state index >= 15 is 0 Å². The number of aromatic nitrogens is 4. The van der Waals surface area contributed by atoms with E-state index < -0.39 is 58.4 Å². The van der Waals surface area contributed by atoms with E-state index in [-0.39, 0.29) is 41.5 Å². The molecule has 7 N–H and O–H groups in total. The number of alkyl halides is 3. The second-order valence-electron chi connectivity index (χ2n) is 8.78. The van der Waals surface area contributed by atoms with Gasteiger partial charge in [-0.05, 0) is 17.7 Å². The number of nitrogens with two attached hydrogens (primary N) is 1. The van der Waals surface area contributed by atoms with Gasteiger partial charge < -0.3 is 31.1 Å². The summed E-state index contributed by atoms with van der Waals surface area (Å²) < 4.78 is 47.8. The SMILES string of the molecule is Nc1nc2c(c(=O)[nH]1)n(Cc1cccc(C(F)(F)F)c1)c[n+]2[C@@H]1O[C@H](CNc2c(O)c(=O)c2=O)[C@@H](O)[C@H]1O. The molecule has 16 heteroatoms. The second kappa shape index (κ2) is 8.93. The average molecular weight is 537 g/mol. The summed E-state index contributed by atoms with van der Waals surface area (Å²) >= 11 is 0. The molecule has 0 radical (unpaired) electrons. The molecule has 4 aromatic rings. The van der Waals surface area contributed by atoms with E-state index in [0.717, 1.165) is 12.1 Å². The highest BCUT2D eigenvalue weighted by Crippen LogP contribution is 2.30. The number of hydrogen-bond acceptors (Lipinski definition) is 10. The van der Waals surface area contributed by atoms with Gasteiger partial charge in [0.25, 0.3) is 22.4 Å². The van der Waals surface area contributed by atoms with E-state index in [1.54, 1.807) is 0 Å². The van der Waals surface area contributed by atoms with E-state index in [1.165, 1.54) is 27.6 Å². The van der Waals surface area contributed by atoms with Crippen molar-refractivity contribution in [3.8, 4) is 5.75 Å². The van der Waals surface area contributed by atoms with Gasteiger partial charge in [0.15, 0.2) is 12.1 Å². The molecule has 0 bridgehead atoms. The van der Waals surface area contributed by atoms with Crippen molar-refractivity contribution in [1.82, 2.24) is 14.5 Å². The Morgan fingerprint density at radius 3 is 2.61 bits per heavy atom. The highest BCUT2D eigenvalue weighted by molar-refractivity contribution is 5.67. The number of ether oxygens (including phenoxy) is 1. The van der Waals surface area contributed by atoms with Gasteiger partial charge in [-0.2, -0.15) is 13.2 Å². The molecule has 0 spiro atoms. The number of anilines is 2. The van der Waals surface area contributed by atoms with Crippen LogP contribution >= 0.6 is 0 Å². The third-order valence-corrected chi connectivity index (χ3v) is 6.27. The zero-order chi connectivity index (χ0) is 27.5. The van der Waals surface area contributed by atoms with Crippen LogP contribution in [0.25, 0.3) is 11.2 Å². The Morgan fingerprint density at radius 1 is 1.18 bits per heavy atom. The van der Waals surface area contributed by atoms with Crippen molar-refractivity contribution in [1.29, 1.82) is 0 Å². The number of nitrogen functional groups attached to an aromatic ring is 1. The monoisotopic (exact) mass is 537 g/mol. The molecular weight excluding hydrogens is 517 g/mol. The van der Waals surface area contributed by atoms with Crippen molar-refractivity contribution in [3.63, 3.8) is 0 Å². The summed E-state index contributed by atoms with van der Waals surface area (Å²) in [6.45, 7) is -0.477. The summed E-state index contributed by atoms with van der Waals surface area (Å²) in [5.74, 6) is -1.04. The van der Waals surface area contributed by atoms with E-state index in [2.05, 4.69) is 15.3 Å². The van der Waals surface area contributed by atoms with Crippen LogP contribution in [0, 0.1) is 0 Å². The predicted octanol–water partition coefficient (Wildman–Crippen LogP) is -1.31. The standard InChI is InChI=1S/C22H19F3N6O7/c23-22(24,25)9-3-1-2-8(4-9)6-30-7-31(18-12(30)19(37)29-21(26)28-18)20-17(36)13(32)10(38-20)5-27-11-14(33)16(35)15(11)34/h1-4,7,10,13,17,20,32,36H,5-6H2,(H4-,26,27,28,29,33,34,35,37)/p+1/t10-,13-,17-,20-/m1/s1. The van der Waals surface area contributed by atoms with Gasteiger partial charge in [0.2, 0.25) is 11.7 Å². The van der Waals surface area contributed by atoms with E-state index in [4.69, 9.17) is 10.5 Å². The first-order valence-corrected chi connectivity index (χ1v) is 11.1. The van der Waals surface area contributed by atoms with Gasteiger partial charge in [-0.15, -0.1) is 0 Å². The van der Waals surface area contributed by atoms with Crippen molar-refractivity contribution < 1.29 is 37.8 Å². The third-order valence-electron chi connectivity index (χ3n) is 6.27. The van der Waals surface area contributed by atoms with Gasteiger partial charge in [-0.1, -0.05) is 17.1 Å². The van der Waals surface area contributed by atoms with Gasteiger partial charge in [-0.25, -0.2) is 4.57 Å². The van der Waals surface area contributed by atoms with E-state index in [9.17, 15) is 42.9 Å². The molecule has 2 aromatic heterocycles. The molecule has 0 saturated carbocycles. The normalized spacial score (nSPS) is 21.9. The first kappa shape index (κ1) is 25.4. The number of aromatic hydroxyl groups is 1. The highest BCUT2D eigenvalue weighted by Gasteiger charge is 2.47. The highest BCUT2D eigenvalue weighted by atomic mass is 19.4. The van der Waals surface area contributed by atoms with E-state index in [1.807, 2.05) is 0 Å². The number of imidazole rings is 1. The summed E-state index contributed by atoms with van der Waals surface area (Å²) in [7, 11) is 0. The molecule has 3 heterocycles. The lowest BCUT2D eigenvalue weighted by Gasteiger charge is -2.16. The molecule has 1 saturated heterocycles. The van der Waals surface area contributed by atoms with Crippen LogP contribution in [0.4, 0.5) is 24.8 Å². The van der Waals surface area contributed by atoms with Crippen molar-refractivity contribution in [3.05, 3.63) is 72.5 Å². The number of aliphatic hydroxyl groups is 2. The molecule has 0 unspecified atom stereocenters. The number of benzene rings is 1. The number of nitrogens with zero attached hydrogens (tertiary/aromatic N) is 3. The summed E-state index contributed by atoms with van der Waals surface area (Å²) in [5.41, 5.74) is 1.79. The summed E-state index contributed by atoms with van der Waals surface area (Å²) in [6.07, 6.45) is -8.87. The average Bonchev–Trinajstić information content (AvgIpc) is 3.35. The number of fused-ring (bicyclic) bond motifs is 1. The van der Waals surface area contributed by atoms with Gasteiger partial charge >= 0.3 is 11.8 Å². The Balaban J connectivity index is 1.48. The fraction of sp³-hybridized carbons (Fsp3) is 0.318. The lowest BCUT2D eigenvalue weighted by Crippen LogP contribution is -2.46. The van der Waals surface area contributed by atoms with Crippen LogP contribution in [0.5, 0.6) is 5.75 Å². The molecule has 1 aliphatic rings. The van der Waals surface area contributed by atoms with E-state index in [0.29, 0.717) is 0 Å². The second-order valence-corrected chi connectivity index (χ2v) is 8.78. The minimum atomic E-state index is -4.58. The van der Waals surface area contributed by atoms with Crippen LogP contribution in [-0.4, -0.2) is 54.7 Å². The van der Waals surface area contributed by atoms with Crippen LogP contribution in [-0.2, 0) is 17.5 Å². The number of rotatable bonds is 6. The molecule has 4 atom stereocenters. The molecule has 2 aromatic carbocycles. The maximum atomic E-state index is 13.2. The maximum Gasteiger partial charge on any atom is 0.416 e. The van der Waals surface area contributed by atoms with Crippen LogP contribution in [0.3, 0.4) is 0 Å². The van der Waals surface area contributed by atoms with Gasteiger partial charge in [-0.3, -0.25) is 23.9 Å². The number of nitrogens with one attached hydrogen (secondary N) is 2. The Morgan fingerprint density at radius 2 is 1.92 bits per heavy atom. The number of aliphatic hydroxyl groups excluding tert-OH is 2. The Kier molecular flexibility index (Phi) is 5.96. The lowest BCUT2D eigenvalue weighted by molar-refractivity contribution is -0.745. The molecule has 1 aliphatic heterocycles. The quantitative estimate of drug-likeness (QED) is 0.127. The summed E-state index contributed by atoms with van der Waals surface area (Å²) in [4.78, 5) is 41.9. The number of hydrogen-bond donors (Lipinski definition) is 6. The predicted molar refractivity (Wildman–Crippen MR) is 123 cm³/mol. The van der Waals surface area contributed by atoms with Crippen molar-refractivity contribution in [2.75, 3.05) is 17.6 Å². The lowest BCUT2D eigenvalue weighted by atomic mass is 10.1. The molecular formula is C22H20F3N6O7+. The molecule has 38 heavy (non-hydrogen) atoms. The minimum absolute atomic E-state index is 0.0804. The Labute approximate surface area is 208 Å². The number of halogens is 3. The van der Waals surface area contributed by atoms with Crippen LogP contribution in [0.15, 0.2) is 45.0 Å². The van der Waals surface area contributed by atoms with Crippen LogP contribution < -0.4 is 32.0 Å². The molecule has 200 valence electrons. The van der Waals surface area contributed by atoms with Gasteiger partial charge in [0.1, 0.15) is 24.0 Å². The van der Waals surface area contributed by atoms with Gasteiger partial charge in [0, 0.05) is 6.54 Å². The fourth-order valence-electron chi connectivity index (χ4n) is 4.40.